The molecule has 0 aliphatic rings. The third-order valence-corrected chi connectivity index (χ3v) is 12.5. The number of fused-ring (bicyclic) bond motifs is 3. The number of nitrogens with zero attached hydrogens (tertiary/aromatic N) is 4. The summed E-state index contributed by atoms with van der Waals surface area (Å²) in [6, 6.07) is 31.4. The fourth-order valence-corrected chi connectivity index (χ4v) is 8.70. The van der Waals surface area contributed by atoms with E-state index in [0.717, 1.165) is 54.2 Å². The summed E-state index contributed by atoms with van der Waals surface area (Å²) >= 11 is 3.48. The molecule has 0 radical (unpaired) electrons. The maximum absolute atomic E-state index is 13.0. The molecule has 0 fully saturated rings. The lowest BCUT2D eigenvalue weighted by Gasteiger charge is -2.12. The summed E-state index contributed by atoms with van der Waals surface area (Å²) in [6.07, 6.45) is 6.78. The number of pyridine rings is 3. The number of ether oxygens (including phenoxy) is 5. The molecule has 0 unspecified atom stereocenters. The molecular formula is C58H46BrF3N4O9. The normalized spacial score (nSPS) is 10.6. The zero-order chi connectivity index (χ0) is 53.9. The van der Waals surface area contributed by atoms with Gasteiger partial charge in [-0.3, -0.25) is 15.0 Å². The van der Waals surface area contributed by atoms with Gasteiger partial charge in [0.25, 0.3) is 0 Å². The molecule has 3 heterocycles. The molecular weight excluding hydrogens is 1030 g/mol. The zero-order valence-corrected chi connectivity index (χ0v) is 42.8. The third kappa shape index (κ3) is 12.5. The first-order valence-corrected chi connectivity index (χ1v) is 23.5. The molecule has 0 aliphatic heterocycles. The first-order chi connectivity index (χ1) is 36.1. The summed E-state index contributed by atoms with van der Waals surface area (Å²) in [6.45, 7) is 1.84. The van der Waals surface area contributed by atoms with E-state index < -0.39 is 17.9 Å². The first kappa shape index (κ1) is 53.9. The van der Waals surface area contributed by atoms with Gasteiger partial charge in [-0.05, 0) is 138 Å². The Bertz CT molecular complexity index is 3650. The van der Waals surface area contributed by atoms with Crippen LogP contribution in [0.4, 0.5) is 13.2 Å². The monoisotopic (exact) mass is 1080 g/mol. The number of hydrogen-bond acceptors (Lipinski definition) is 13. The zero-order valence-electron chi connectivity index (χ0n) is 41.3. The number of benzene rings is 6. The van der Waals surface area contributed by atoms with Crippen molar-refractivity contribution in [3.8, 4) is 23.3 Å². The second-order valence-corrected chi connectivity index (χ2v) is 17.6. The standard InChI is InChI=1S/C20H15FN2O3.C19H15BrFNO3.C19H16FNO3/c1-25-19-17(20(24)26-2)9-14(10-22)16-8-13(11-23-18(16)19)7-12-3-5-15(21)6-4-12;1-24-18-15(19(23)25-2)9-16(20)14-8-12(10-22-17(14)18)7-11-3-5-13(21)6-4-11;1-11-7-16(19(23)24-2)18(22)17-15(11)9-13(10-21-17)8-12-3-5-14(20)6-4-12/h3-6,8-9,11H,7H2,1-2H3;3-6,8-10H,7H2,1-2H3;3-7,9-10,22H,8H2,1-2H3. The number of hydrogen-bond donors (Lipinski definition) is 1. The Morgan fingerprint density at radius 3 is 1.31 bits per heavy atom. The highest BCUT2D eigenvalue weighted by molar-refractivity contribution is 9.10. The Labute approximate surface area is 437 Å². The van der Waals surface area contributed by atoms with E-state index in [4.69, 9.17) is 18.9 Å². The van der Waals surface area contributed by atoms with Crippen LogP contribution in [0.25, 0.3) is 32.7 Å². The van der Waals surface area contributed by atoms with Crippen LogP contribution in [0.2, 0.25) is 0 Å². The van der Waals surface area contributed by atoms with Crippen molar-refractivity contribution in [2.45, 2.75) is 26.2 Å². The quantitative estimate of drug-likeness (QED) is 0.0956. The predicted octanol–water partition coefficient (Wildman–Crippen LogP) is 11.9. The number of nitriles is 1. The van der Waals surface area contributed by atoms with Gasteiger partial charge in [0.1, 0.15) is 50.7 Å². The summed E-state index contributed by atoms with van der Waals surface area (Å²) in [7, 11) is 6.77. The van der Waals surface area contributed by atoms with Gasteiger partial charge < -0.3 is 28.8 Å². The van der Waals surface area contributed by atoms with Crippen molar-refractivity contribution in [1.29, 1.82) is 5.26 Å². The molecule has 0 saturated carbocycles. The number of halogens is 4. The lowest BCUT2D eigenvalue weighted by molar-refractivity contribution is 0.0588. The van der Waals surface area contributed by atoms with Crippen molar-refractivity contribution in [2.24, 2.45) is 0 Å². The number of esters is 3. The SMILES string of the molecule is COC(=O)c1cc(Br)c2cc(Cc3ccc(F)cc3)cnc2c1OC.COC(=O)c1cc(C#N)c2cc(Cc3ccc(F)cc3)cnc2c1OC.COC(=O)c1cc(C)c2cc(Cc3ccc(F)cc3)cnc2c1O. The molecule has 9 rings (SSSR count). The Hall–Kier alpha value is -8.88. The highest BCUT2D eigenvalue weighted by Crippen LogP contribution is 2.36. The predicted molar refractivity (Wildman–Crippen MR) is 279 cm³/mol. The molecule has 17 heteroatoms. The number of phenolic OH excluding ortho intramolecular Hbond substituents is 1. The van der Waals surface area contributed by atoms with Crippen LogP contribution in [0.3, 0.4) is 0 Å². The van der Waals surface area contributed by atoms with Gasteiger partial charge >= 0.3 is 17.9 Å². The molecule has 13 nitrogen and oxygen atoms in total. The largest absolute Gasteiger partial charge is 0.505 e. The topological polar surface area (TPSA) is 180 Å². The molecule has 3 aromatic heterocycles. The summed E-state index contributed by atoms with van der Waals surface area (Å²) < 4.78 is 64.7. The van der Waals surface area contributed by atoms with Crippen LogP contribution in [-0.2, 0) is 33.5 Å². The summed E-state index contributed by atoms with van der Waals surface area (Å²) in [5.41, 5.74) is 8.64. The van der Waals surface area contributed by atoms with Crippen LogP contribution >= 0.6 is 15.9 Å². The van der Waals surface area contributed by atoms with Crippen LogP contribution in [0, 0.1) is 35.7 Å². The molecule has 0 atom stereocenters. The molecule has 0 amide bonds. The Balaban J connectivity index is 0.000000164. The number of aromatic nitrogens is 3. The second-order valence-electron chi connectivity index (χ2n) is 16.7. The van der Waals surface area contributed by atoms with E-state index >= 15 is 0 Å². The van der Waals surface area contributed by atoms with E-state index in [0.29, 0.717) is 58.1 Å². The van der Waals surface area contributed by atoms with Crippen LogP contribution in [-0.4, -0.2) is 73.5 Å². The van der Waals surface area contributed by atoms with Gasteiger partial charge in [0.15, 0.2) is 17.2 Å². The molecule has 6 aromatic carbocycles. The molecule has 0 saturated heterocycles. The van der Waals surface area contributed by atoms with Crippen molar-refractivity contribution >= 4 is 66.5 Å². The average molecular weight is 1080 g/mol. The number of carbonyl (C=O) groups is 3. The Morgan fingerprint density at radius 2 is 0.893 bits per heavy atom. The van der Waals surface area contributed by atoms with Crippen molar-refractivity contribution < 1.29 is 56.3 Å². The van der Waals surface area contributed by atoms with Gasteiger partial charge in [-0.1, -0.05) is 52.3 Å². The molecule has 0 spiro atoms. The number of carbonyl (C=O) groups excluding carboxylic acids is 3. The van der Waals surface area contributed by atoms with Gasteiger partial charge in [0.2, 0.25) is 0 Å². The highest BCUT2D eigenvalue weighted by Gasteiger charge is 2.22. The lowest BCUT2D eigenvalue weighted by Crippen LogP contribution is -2.06. The number of aryl methyl sites for hydroxylation is 1. The summed E-state index contributed by atoms with van der Waals surface area (Å²) in [4.78, 5) is 48.8. The highest BCUT2D eigenvalue weighted by atomic mass is 79.9. The smallest absolute Gasteiger partial charge is 0.341 e. The minimum absolute atomic E-state index is 0.0984. The second kappa shape index (κ2) is 24.2. The number of methoxy groups -OCH3 is 5. The number of aromatic hydroxyl groups is 1. The average Bonchev–Trinajstić information content (AvgIpc) is 3.43. The molecule has 1 N–H and O–H groups in total. The van der Waals surface area contributed by atoms with Crippen molar-refractivity contribution in [2.75, 3.05) is 35.5 Å². The van der Waals surface area contributed by atoms with E-state index in [2.05, 4.69) is 41.7 Å². The maximum Gasteiger partial charge on any atom is 0.341 e. The van der Waals surface area contributed by atoms with Gasteiger partial charge in [-0.15, -0.1) is 0 Å². The van der Waals surface area contributed by atoms with Crippen molar-refractivity contribution in [1.82, 2.24) is 15.0 Å². The Kier molecular flexibility index (Phi) is 17.4. The van der Waals surface area contributed by atoms with Crippen LogP contribution in [0.5, 0.6) is 17.2 Å². The fourth-order valence-electron chi connectivity index (χ4n) is 8.16. The summed E-state index contributed by atoms with van der Waals surface area (Å²) in [5.74, 6) is -2.07. The minimum Gasteiger partial charge on any atom is -0.505 e. The molecule has 380 valence electrons. The van der Waals surface area contributed by atoms with Gasteiger partial charge in [0, 0.05) is 39.2 Å². The lowest BCUT2D eigenvalue weighted by atomic mass is 10.00. The molecule has 0 bridgehead atoms. The maximum atomic E-state index is 13.0. The number of phenols is 1. The first-order valence-electron chi connectivity index (χ1n) is 22.7. The van der Waals surface area contributed by atoms with Crippen LogP contribution in [0.15, 0.2) is 132 Å². The summed E-state index contributed by atoms with van der Waals surface area (Å²) in [5, 5.41) is 21.9. The molecule has 0 aliphatic carbocycles. The van der Waals surface area contributed by atoms with Crippen LogP contribution < -0.4 is 9.47 Å². The van der Waals surface area contributed by atoms with Gasteiger partial charge in [-0.25, -0.2) is 27.6 Å². The van der Waals surface area contributed by atoms with Crippen LogP contribution in [0.1, 0.15) is 75.6 Å². The minimum atomic E-state index is -0.602. The van der Waals surface area contributed by atoms with E-state index in [9.17, 15) is 37.9 Å². The molecule has 9 aromatic rings. The van der Waals surface area contributed by atoms with Gasteiger partial charge in [-0.2, -0.15) is 5.26 Å². The van der Waals surface area contributed by atoms with Gasteiger partial charge in [0.05, 0.1) is 47.2 Å². The van der Waals surface area contributed by atoms with E-state index in [1.807, 2.05) is 25.1 Å². The van der Waals surface area contributed by atoms with E-state index in [1.54, 1.807) is 67.1 Å². The Morgan fingerprint density at radius 1 is 0.520 bits per heavy atom. The van der Waals surface area contributed by atoms with E-state index in [-0.39, 0.29) is 40.1 Å². The van der Waals surface area contributed by atoms with E-state index in [1.165, 1.54) is 78.0 Å². The van der Waals surface area contributed by atoms with Crippen molar-refractivity contribution in [3.63, 3.8) is 0 Å². The van der Waals surface area contributed by atoms with Crippen molar-refractivity contribution in [3.05, 3.63) is 211 Å². The number of rotatable bonds is 11. The third-order valence-electron chi connectivity index (χ3n) is 11.8. The molecule has 75 heavy (non-hydrogen) atoms. The fraction of sp³-hybridized carbons (Fsp3) is 0.155.